The van der Waals surface area contributed by atoms with Crippen molar-refractivity contribution in [2.24, 2.45) is 5.73 Å². The molecular weight excluding hydrogens is 436 g/mol. The molecule has 0 aromatic heterocycles. The molecule has 5 heteroatoms. The van der Waals surface area contributed by atoms with Crippen molar-refractivity contribution < 1.29 is 14.6 Å². The van der Waals surface area contributed by atoms with Crippen LogP contribution in [0, 0.1) is 0 Å². The second-order valence-electron chi connectivity index (χ2n) is 9.69. The van der Waals surface area contributed by atoms with E-state index < -0.39 is 6.29 Å². The van der Waals surface area contributed by atoms with E-state index in [9.17, 15) is 5.11 Å². The molecule has 0 aliphatic carbocycles. The van der Waals surface area contributed by atoms with Crippen LogP contribution in [-0.2, 0) is 22.6 Å². The molecule has 0 spiro atoms. The number of ether oxygens (including phenoxy) is 2. The van der Waals surface area contributed by atoms with E-state index in [1.165, 1.54) is 19.3 Å². The summed E-state index contributed by atoms with van der Waals surface area (Å²) < 4.78 is 13.1. The molecule has 3 aromatic carbocycles. The van der Waals surface area contributed by atoms with Gasteiger partial charge in [-0.2, -0.15) is 0 Å². The van der Waals surface area contributed by atoms with Crippen LogP contribution < -0.4 is 5.73 Å². The highest BCUT2D eigenvalue weighted by atomic mass is 16.7. The van der Waals surface area contributed by atoms with Crippen molar-refractivity contribution in [1.29, 1.82) is 0 Å². The zero-order valence-electron chi connectivity index (χ0n) is 20.3. The normalized spacial score (nSPS) is 23.3. The monoisotopic (exact) mass is 472 g/mol. The first-order valence-electron chi connectivity index (χ1n) is 12.8. The molecule has 5 rings (SSSR count). The molecule has 3 aromatic rings. The lowest BCUT2D eigenvalue weighted by molar-refractivity contribution is -0.253. The summed E-state index contributed by atoms with van der Waals surface area (Å²) in [5, 5.41) is 9.43. The topological polar surface area (TPSA) is 68.0 Å². The maximum Gasteiger partial charge on any atom is 0.184 e. The van der Waals surface area contributed by atoms with Gasteiger partial charge in [0.1, 0.15) is 0 Å². The molecular formula is C30H36N2O3. The third-order valence-corrected chi connectivity index (χ3v) is 7.26. The molecule has 2 aliphatic rings. The van der Waals surface area contributed by atoms with Gasteiger partial charge in [0.25, 0.3) is 0 Å². The number of aliphatic hydroxyl groups is 1. The number of hydrogen-bond acceptors (Lipinski definition) is 5. The first-order valence-corrected chi connectivity index (χ1v) is 12.8. The van der Waals surface area contributed by atoms with E-state index in [0.29, 0.717) is 6.54 Å². The average Bonchev–Trinajstić information content (AvgIpc) is 2.93. The van der Waals surface area contributed by atoms with E-state index in [4.69, 9.17) is 15.2 Å². The van der Waals surface area contributed by atoms with Gasteiger partial charge in [-0.15, -0.1) is 0 Å². The van der Waals surface area contributed by atoms with Crippen molar-refractivity contribution in [1.82, 2.24) is 4.90 Å². The number of likely N-dealkylation sites (tertiary alicyclic amines) is 1. The maximum absolute atomic E-state index is 9.43. The number of aliphatic hydroxyl groups excluding tert-OH is 1. The highest BCUT2D eigenvalue weighted by Crippen LogP contribution is 2.39. The van der Waals surface area contributed by atoms with E-state index in [-0.39, 0.29) is 18.8 Å². The van der Waals surface area contributed by atoms with Crippen LogP contribution in [0.4, 0.5) is 0 Å². The Kier molecular flexibility index (Phi) is 7.92. The van der Waals surface area contributed by atoms with Gasteiger partial charge in [-0.25, -0.2) is 0 Å². The van der Waals surface area contributed by atoms with Crippen molar-refractivity contribution in [2.45, 2.75) is 57.3 Å². The SMILES string of the molecule is NCc1ccccc1-c1ccc([C@H]2O[C@@H](CN3CCCCC3)C[C@@H](c3ccc(CO)cc3)O2)cc1. The molecule has 184 valence electrons. The minimum atomic E-state index is -0.417. The van der Waals surface area contributed by atoms with Crippen LogP contribution in [0.15, 0.2) is 72.8 Å². The fourth-order valence-electron chi connectivity index (χ4n) is 5.26. The van der Waals surface area contributed by atoms with Crippen molar-refractivity contribution in [3.63, 3.8) is 0 Å². The zero-order chi connectivity index (χ0) is 24.0. The molecule has 3 atom stereocenters. The summed E-state index contributed by atoms with van der Waals surface area (Å²) in [6.45, 7) is 3.80. The highest BCUT2D eigenvalue weighted by Gasteiger charge is 2.33. The van der Waals surface area contributed by atoms with Gasteiger partial charge >= 0.3 is 0 Å². The first kappa shape index (κ1) is 24.2. The molecule has 2 fully saturated rings. The number of benzene rings is 3. The molecule has 5 nitrogen and oxygen atoms in total. The van der Waals surface area contributed by atoms with Gasteiger partial charge in [0.05, 0.1) is 18.8 Å². The molecule has 3 N–H and O–H groups in total. The molecule has 0 radical (unpaired) electrons. The van der Waals surface area contributed by atoms with Crippen LogP contribution in [0.1, 0.15) is 60.3 Å². The van der Waals surface area contributed by atoms with Crippen LogP contribution in [0.25, 0.3) is 11.1 Å². The van der Waals surface area contributed by atoms with Crippen molar-refractivity contribution >= 4 is 0 Å². The first-order chi connectivity index (χ1) is 17.2. The minimum Gasteiger partial charge on any atom is -0.392 e. The third-order valence-electron chi connectivity index (χ3n) is 7.26. The summed E-state index contributed by atoms with van der Waals surface area (Å²) >= 11 is 0. The Hall–Kier alpha value is -2.54. The Morgan fingerprint density at radius 3 is 2.26 bits per heavy atom. The summed E-state index contributed by atoms with van der Waals surface area (Å²) in [5.41, 5.74) is 12.5. The molecule has 0 bridgehead atoms. The van der Waals surface area contributed by atoms with Crippen LogP contribution in [0.5, 0.6) is 0 Å². The Labute approximate surface area is 208 Å². The van der Waals surface area contributed by atoms with E-state index in [1.54, 1.807) is 0 Å². The van der Waals surface area contributed by atoms with Gasteiger partial charge in [-0.1, -0.05) is 79.2 Å². The molecule has 2 aliphatic heterocycles. The smallest absolute Gasteiger partial charge is 0.184 e. The van der Waals surface area contributed by atoms with Crippen molar-refractivity contribution in [3.05, 3.63) is 95.1 Å². The number of piperidine rings is 1. The fourth-order valence-corrected chi connectivity index (χ4v) is 5.26. The second-order valence-corrected chi connectivity index (χ2v) is 9.69. The van der Waals surface area contributed by atoms with Gasteiger partial charge in [-0.3, -0.25) is 0 Å². The lowest BCUT2D eigenvalue weighted by Crippen LogP contribution is -2.41. The third kappa shape index (κ3) is 5.83. The van der Waals surface area contributed by atoms with Gasteiger partial charge in [0.15, 0.2) is 6.29 Å². The van der Waals surface area contributed by atoms with Crippen LogP contribution in [0.2, 0.25) is 0 Å². The molecule has 0 amide bonds. The van der Waals surface area contributed by atoms with E-state index in [2.05, 4.69) is 53.4 Å². The Morgan fingerprint density at radius 1 is 0.829 bits per heavy atom. The van der Waals surface area contributed by atoms with Crippen LogP contribution in [-0.4, -0.2) is 35.7 Å². The quantitative estimate of drug-likeness (QED) is 0.486. The molecule has 2 saturated heterocycles. The summed E-state index contributed by atoms with van der Waals surface area (Å²) in [6.07, 6.45) is 4.33. The van der Waals surface area contributed by atoms with Gasteiger partial charge in [-0.05, 0) is 53.7 Å². The number of nitrogens with zero attached hydrogens (tertiary/aromatic N) is 1. The molecule has 35 heavy (non-hydrogen) atoms. The van der Waals surface area contributed by atoms with E-state index in [0.717, 1.165) is 59.4 Å². The van der Waals surface area contributed by atoms with E-state index in [1.807, 2.05) is 24.3 Å². The predicted molar refractivity (Wildman–Crippen MR) is 138 cm³/mol. The Bertz CT molecular complexity index is 1080. The molecule has 2 heterocycles. The average molecular weight is 473 g/mol. The van der Waals surface area contributed by atoms with E-state index >= 15 is 0 Å². The van der Waals surface area contributed by atoms with Crippen molar-refractivity contribution in [2.75, 3.05) is 19.6 Å². The lowest BCUT2D eigenvalue weighted by atomic mass is 9.97. The molecule has 0 saturated carbocycles. The minimum absolute atomic E-state index is 0.0473. The number of hydrogen-bond donors (Lipinski definition) is 2. The molecule has 0 unspecified atom stereocenters. The number of nitrogens with two attached hydrogens (primary N) is 1. The van der Waals surface area contributed by atoms with Gasteiger partial charge < -0.3 is 25.2 Å². The summed E-state index contributed by atoms with van der Waals surface area (Å²) in [5.74, 6) is 0. The second kappa shape index (κ2) is 11.5. The highest BCUT2D eigenvalue weighted by molar-refractivity contribution is 5.67. The van der Waals surface area contributed by atoms with Gasteiger partial charge in [0, 0.05) is 25.1 Å². The Balaban J connectivity index is 1.37. The van der Waals surface area contributed by atoms with Gasteiger partial charge in [0.2, 0.25) is 0 Å². The fraction of sp³-hybridized carbons (Fsp3) is 0.400. The van der Waals surface area contributed by atoms with Crippen LogP contribution >= 0.6 is 0 Å². The summed E-state index contributed by atoms with van der Waals surface area (Å²) in [4.78, 5) is 2.54. The van der Waals surface area contributed by atoms with Crippen molar-refractivity contribution in [3.8, 4) is 11.1 Å². The maximum atomic E-state index is 9.43. The predicted octanol–water partition coefficient (Wildman–Crippen LogP) is 5.34. The largest absolute Gasteiger partial charge is 0.392 e. The zero-order valence-corrected chi connectivity index (χ0v) is 20.3. The Morgan fingerprint density at radius 2 is 1.54 bits per heavy atom. The lowest BCUT2D eigenvalue weighted by Gasteiger charge is -2.39. The number of rotatable bonds is 7. The summed E-state index contributed by atoms with van der Waals surface area (Å²) in [6, 6.07) is 24.9. The summed E-state index contributed by atoms with van der Waals surface area (Å²) in [7, 11) is 0. The van der Waals surface area contributed by atoms with Crippen LogP contribution in [0.3, 0.4) is 0 Å². The standard InChI is InChI=1S/C30H36N2O3/c31-19-26-6-2-3-7-28(26)23-12-14-25(15-13-23)30-34-27(20-32-16-4-1-5-17-32)18-29(35-30)24-10-8-22(21-33)9-11-24/h2-3,6-15,27,29-30,33H,1,4-5,16-21,31H2/t27-,29+,30+/m1/s1.